The molecule has 2 saturated heterocycles. The summed E-state index contributed by atoms with van der Waals surface area (Å²) in [5.74, 6) is 0.0802. The quantitative estimate of drug-likeness (QED) is 0.841. The second-order valence-electron chi connectivity index (χ2n) is 5.31. The van der Waals surface area contributed by atoms with Crippen molar-refractivity contribution in [2.45, 2.75) is 25.7 Å². The maximum atomic E-state index is 12.6. The van der Waals surface area contributed by atoms with Gasteiger partial charge in [0, 0.05) is 31.1 Å². The molecule has 1 aromatic rings. The van der Waals surface area contributed by atoms with E-state index in [2.05, 4.69) is 0 Å². The number of carbonyl (C=O) groups excluding carboxylic acids is 2. The van der Waals surface area contributed by atoms with Crippen LogP contribution in [0.2, 0.25) is 5.02 Å². The van der Waals surface area contributed by atoms with Gasteiger partial charge >= 0.3 is 0 Å². The summed E-state index contributed by atoms with van der Waals surface area (Å²) in [6.45, 7) is 2.27. The van der Waals surface area contributed by atoms with Crippen LogP contribution in [0, 0.1) is 0 Å². The number of benzene rings is 1. The Morgan fingerprint density at radius 3 is 2.50 bits per heavy atom. The van der Waals surface area contributed by atoms with Crippen LogP contribution in [0.4, 0.5) is 5.69 Å². The summed E-state index contributed by atoms with van der Waals surface area (Å²) in [7, 11) is 0. The topological polar surface area (TPSA) is 40.6 Å². The summed E-state index contributed by atoms with van der Waals surface area (Å²) in [5, 5.41) is 0.553. The molecule has 0 unspecified atom stereocenters. The van der Waals surface area contributed by atoms with Gasteiger partial charge in [0.05, 0.1) is 11.3 Å². The summed E-state index contributed by atoms with van der Waals surface area (Å²) >= 11 is 6.04. The molecule has 0 aliphatic carbocycles. The van der Waals surface area contributed by atoms with Crippen molar-refractivity contribution in [1.29, 1.82) is 0 Å². The number of hydrogen-bond acceptors (Lipinski definition) is 2. The number of rotatable bonds is 2. The van der Waals surface area contributed by atoms with Crippen molar-refractivity contribution in [3.8, 4) is 0 Å². The SMILES string of the molecule is O=C(c1ccc(Cl)cc1N1CCCC1=O)N1CCCC1. The summed E-state index contributed by atoms with van der Waals surface area (Å²) in [4.78, 5) is 28.1. The molecule has 0 spiro atoms. The standard InChI is InChI=1S/C15H17ClN2O2/c16-11-5-6-12(15(20)17-7-1-2-8-17)13(10-11)18-9-3-4-14(18)19/h5-6,10H,1-4,7-9H2. The number of amides is 2. The summed E-state index contributed by atoms with van der Waals surface area (Å²) in [6.07, 6.45) is 3.49. The lowest BCUT2D eigenvalue weighted by atomic mass is 10.1. The molecule has 2 heterocycles. The first-order valence-electron chi connectivity index (χ1n) is 7.06. The smallest absolute Gasteiger partial charge is 0.255 e. The van der Waals surface area contributed by atoms with E-state index in [-0.39, 0.29) is 11.8 Å². The van der Waals surface area contributed by atoms with Gasteiger partial charge in [-0.2, -0.15) is 0 Å². The molecule has 0 N–H and O–H groups in total. The largest absolute Gasteiger partial charge is 0.339 e. The molecule has 106 valence electrons. The number of anilines is 1. The molecule has 5 heteroatoms. The van der Waals surface area contributed by atoms with Crippen LogP contribution in [0.5, 0.6) is 0 Å². The van der Waals surface area contributed by atoms with Gasteiger partial charge in [0.1, 0.15) is 0 Å². The molecule has 2 aliphatic rings. The van der Waals surface area contributed by atoms with E-state index >= 15 is 0 Å². The molecule has 1 aromatic carbocycles. The molecule has 0 aromatic heterocycles. The number of carbonyl (C=O) groups is 2. The van der Waals surface area contributed by atoms with Gasteiger partial charge in [-0.1, -0.05) is 11.6 Å². The van der Waals surface area contributed by atoms with Crippen LogP contribution in [-0.2, 0) is 4.79 Å². The zero-order valence-corrected chi connectivity index (χ0v) is 12.0. The van der Waals surface area contributed by atoms with Gasteiger partial charge in [0.25, 0.3) is 5.91 Å². The second-order valence-corrected chi connectivity index (χ2v) is 5.75. The number of hydrogen-bond donors (Lipinski definition) is 0. The summed E-state index contributed by atoms with van der Waals surface area (Å²) in [6, 6.07) is 5.19. The van der Waals surface area contributed by atoms with Gasteiger partial charge in [-0.05, 0) is 37.5 Å². The number of halogens is 1. The fourth-order valence-electron chi connectivity index (χ4n) is 2.90. The Kier molecular flexibility index (Phi) is 3.66. The monoisotopic (exact) mass is 292 g/mol. The third kappa shape index (κ3) is 2.40. The van der Waals surface area contributed by atoms with Crippen molar-refractivity contribution in [2.75, 3.05) is 24.5 Å². The fourth-order valence-corrected chi connectivity index (χ4v) is 3.07. The van der Waals surface area contributed by atoms with Crippen molar-refractivity contribution in [3.05, 3.63) is 28.8 Å². The van der Waals surface area contributed by atoms with Crippen molar-refractivity contribution < 1.29 is 9.59 Å². The third-order valence-electron chi connectivity index (χ3n) is 3.95. The molecule has 0 bridgehead atoms. The van der Waals surface area contributed by atoms with Crippen LogP contribution in [0.3, 0.4) is 0 Å². The van der Waals surface area contributed by atoms with E-state index in [4.69, 9.17) is 11.6 Å². The van der Waals surface area contributed by atoms with Crippen molar-refractivity contribution >= 4 is 29.1 Å². The van der Waals surface area contributed by atoms with E-state index in [1.54, 1.807) is 23.1 Å². The molecule has 2 amide bonds. The van der Waals surface area contributed by atoms with E-state index in [1.165, 1.54) is 0 Å². The van der Waals surface area contributed by atoms with E-state index in [1.807, 2.05) is 4.90 Å². The Morgan fingerprint density at radius 1 is 1.10 bits per heavy atom. The molecular formula is C15H17ClN2O2. The summed E-state index contributed by atoms with van der Waals surface area (Å²) in [5.41, 5.74) is 1.25. The van der Waals surface area contributed by atoms with E-state index in [9.17, 15) is 9.59 Å². The maximum Gasteiger partial charge on any atom is 0.255 e. The van der Waals surface area contributed by atoms with Crippen LogP contribution in [0.15, 0.2) is 18.2 Å². The maximum absolute atomic E-state index is 12.6. The normalized spacial score (nSPS) is 18.9. The predicted molar refractivity (Wildman–Crippen MR) is 78.2 cm³/mol. The lowest BCUT2D eigenvalue weighted by Gasteiger charge is -2.22. The molecule has 3 rings (SSSR count). The minimum atomic E-state index is 0.00821. The van der Waals surface area contributed by atoms with Crippen LogP contribution in [0.25, 0.3) is 0 Å². The highest BCUT2D eigenvalue weighted by molar-refractivity contribution is 6.31. The lowest BCUT2D eigenvalue weighted by molar-refractivity contribution is -0.117. The van der Waals surface area contributed by atoms with Crippen LogP contribution in [-0.4, -0.2) is 36.3 Å². The minimum absolute atomic E-state index is 0.00821. The highest BCUT2D eigenvalue weighted by Gasteiger charge is 2.28. The zero-order chi connectivity index (χ0) is 14.1. The Morgan fingerprint density at radius 2 is 1.85 bits per heavy atom. The van der Waals surface area contributed by atoms with Gasteiger partial charge < -0.3 is 9.80 Å². The van der Waals surface area contributed by atoms with E-state index in [0.717, 1.165) is 32.4 Å². The first-order chi connectivity index (χ1) is 9.66. The Balaban J connectivity index is 1.97. The number of likely N-dealkylation sites (tertiary alicyclic amines) is 1. The lowest BCUT2D eigenvalue weighted by Crippen LogP contribution is -2.31. The van der Waals surface area contributed by atoms with Gasteiger partial charge in [-0.3, -0.25) is 9.59 Å². The van der Waals surface area contributed by atoms with E-state index in [0.29, 0.717) is 29.2 Å². The van der Waals surface area contributed by atoms with Crippen molar-refractivity contribution in [1.82, 2.24) is 4.90 Å². The Hall–Kier alpha value is -1.55. The van der Waals surface area contributed by atoms with Crippen LogP contribution < -0.4 is 4.90 Å². The summed E-state index contributed by atoms with van der Waals surface area (Å²) < 4.78 is 0. The molecule has 0 atom stereocenters. The first-order valence-corrected chi connectivity index (χ1v) is 7.44. The van der Waals surface area contributed by atoms with Gasteiger partial charge in [-0.25, -0.2) is 0 Å². The molecular weight excluding hydrogens is 276 g/mol. The Labute approximate surface area is 123 Å². The average Bonchev–Trinajstić information content (AvgIpc) is 3.08. The zero-order valence-electron chi connectivity index (χ0n) is 11.3. The Bertz CT molecular complexity index is 553. The number of nitrogens with zero attached hydrogens (tertiary/aromatic N) is 2. The van der Waals surface area contributed by atoms with Crippen molar-refractivity contribution in [2.24, 2.45) is 0 Å². The van der Waals surface area contributed by atoms with E-state index < -0.39 is 0 Å². The highest BCUT2D eigenvalue weighted by Crippen LogP contribution is 2.30. The first kappa shape index (κ1) is 13.4. The fraction of sp³-hybridized carbons (Fsp3) is 0.467. The van der Waals surface area contributed by atoms with Gasteiger partial charge in [0.2, 0.25) is 5.91 Å². The second kappa shape index (κ2) is 5.44. The molecule has 0 saturated carbocycles. The molecule has 0 radical (unpaired) electrons. The van der Waals surface area contributed by atoms with Gasteiger partial charge in [0.15, 0.2) is 0 Å². The molecule has 2 fully saturated rings. The van der Waals surface area contributed by atoms with Gasteiger partial charge in [-0.15, -0.1) is 0 Å². The minimum Gasteiger partial charge on any atom is -0.339 e. The highest BCUT2D eigenvalue weighted by atomic mass is 35.5. The van der Waals surface area contributed by atoms with Crippen molar-refractivity contribution in [3.63, 3.8) is 0 Å². The average molecular weight is 293 g/mol. The molecule has 20 heavy (non-hydrogen) atoms. The van der Waals surface area contributed by atoms with Crippen LogP contribution in [0.1, 0.15) is 36.0 Å². The molecule has 2 aliphatic heterocycles. The third-order valence-corrected chi connectivity index (χ3v) is 4.18. The van der Waals surface area contributed by atoms with Crippen LogP contribution >= 0.6 is 11.6 Å². The molecule has 4 nitrogen and oxygen atoms in total. The predicted octanol–water partition coefficient (Wildman–Crippen LogP) is 2.70.